The maximum Gasteiger partial charge on any atom is 0.177 e. The van der Waals surface area contributed by atoms with E-state index in [0.717, 1.165) is 25.4 Å². The van der Waals surface area contributed by atoms with Gasteiger partial charge in [0.1, 0.15) is 0 Å². The largest absolute Gasteiger partial charge is 0.383 e. The second kappa shape index (κ2) is 5.44. The zero-order valence-corrected chi connectivity index (χ0v) is 14.3. The van der Waals surface area contributed by atoms with Crippen LogP contribution in [0.25, 0.3) is 0 Å². The van der Waals surface area contributed by atoms with Gasteiger partial charge in [-0.3, -0.25) is 0 Å². The van der Waals surface area contributed by atoms with Crippen LogP contribution in [0.15, 0.2) is 28.0 Å². The summed E-state index contributed by atoms with van der Waals surface area (Å²) >= 11 is 5.90. The van der Waals surface area contributed by atoms with Gasteiger partial charge >= 0.3 is 0 Å². The van der Waals surface area contributed by atoms with Gasteiger partial charge < -0.3 is 5.32 Å². The SMILES string of the molecule is CS(=O)(=O)c1ccc(NCC2(CCl)CC2)c(S(C)(=O)=O)c1. The van der Waals surface area contributed by atoms with Gasteiger partial charge in [0, 0.05) is 30.4 Å². The summed E-state index contributed by atoms with van der Waals surface area (Å²) in [6.07, 6.45) is 4.14. The molecule has 1 aliphatic carbocycles. The number of hydrogen-bond donors (Lipinski definition) is 1. The van der Waals surface area contributed by atoms with Crippen LogP contribution in [0.4, 0.5) is 5.69 Å². The Labute approximate surface area is 130 Å². The Kier molecular flexibility index (Phi) is 4.30. The van der Waals surface area contributed by atoms with E-state index in [1.807, 2.05) is 0 Å². The lowest BCUT2D eigenvalue weighted by Crippen LogP contribution is -2.18. The minimum absolute atomic E-state index is 0.00389. The molecule has 0 saturated heterocycles. The number of anilines is 1. The van der Waals surface area contributed by atoms with Crippen LogP contribution in [0.5, 0.6) is 0 Å². The molecular weight excluding hydrogens is 334 g/mol. The zero-order chi connectivity index (χ0) is 15.9. The molecule has 0 unspecified atom stereocenters. The molecule has 5 nitrogen and oxygen atoms in total. The topological polar surface area (TPSA) is 80.3 Å². The van der Waals surface area contributed by atoms with Crippen LogP contribution < -0.4 is 5.32 Å². The molecule has 0 atom stereocenters. The molecule has 1 fully saturated rings. The van der Waals surface area contributed by atoms with Crippen LogP contribution in [0.3, 0.4) is 0 Å². The van der Waals surface area contributed by atoms with Gasteiger partial charge in [-0.2, -0.15) is 0 Å². The predicted octanol–water partition coefficient (Wildman–Crippen LogP) is 1.92. The van der Waals surface area contributed by atoms with Gasteiger partial charge in [0.2, 0.25) is 0 Å². The minimum Gasteiger partial charge on any atom is -0.383 e. The fourth-order valence-corrected chi connectivity index (χ4v) is 3.97. The van der Waals surface area contributed by atoms with Crippen molar-refractivity contribution >= 4 is 37.0 Å². The molecule has 0 spiro atoms. The van der Waals surface area contributed by atoms with Crippen LogP contribution in [-0.4, -0.2) is 41.8 Å². The normalized spacial score (nSPS) is 17.5. The van der Waals surface area contributed by atoms with E-state index < -0.39 is 19.7 Å². The van der Waals surface area contributed by atoms with Crippen molar-refractivity contribution in [3.63, 3.8) is 0 Å². The van der Waals surface area contributed by atoms with Crippen molar-refractivity contribution < 1.29 is 16.8 Å². The molecule has 1 saturated carbocycles. The van der Waals surface area contributed by atoms with Crippen molar-refractivity contribution in [3.05, 3.63) is 18.2 Å². The molecule has 2 rings (SSSR count). The van der Waals surface area contributed by atoms with Crippen molar-refractivity contribution in [1.29, 1.82) is 0 Å². The monoisotopic (exact) mass is 351 g/mol. The van der Waals surface area contributed by atoms with Crippen molar-refractivity contribution in [3.8, 4) is 0 Å². The molecule has 8 heteroatoms. The molecule has 0 aromatic heterocycles. The van der Waals surface area contributed by atoms with Gasteiger partial charge in [-0.1, -0.05) is 0 Å². The molecule has 0 aliphatic heterocycles. The summed E-state index contributed by atoms with van der Waals surface area (Å²) in [6, 6.07) is 4.11. The van der Waals surface area contributed by atoms with E-state index >= 15 is 0 Å². The van der Waals surface area contributed by atoms with Crippen molar-refractivity contribution in [2.75, 3.05) is 30.3 Å². The summed E-state index contributed by atoms with van der Waals surface area (Å²) in [5.74, 6) is 0.523. The maximum atomic E-state index is 11.9. The Morgan fingerprint density at radius 1 is 1.14 bits per heavy atom. The van der Waals surface area contributed by atoms with Gasteiger partial charge in [0.15, 0.2) is 19.7 Å². The summed E-state index contributed by atoms with van der Waals surface area (Å²) in [6.45, 7) is 0.581. The fourth-order valence-electron chi connectivity index (χ4n) is 2.00. The second-order valence-electron chi connectivity index (χ2n) is 5.69. The number of rotatable bonds is 6. The lowest BCUT2D eigenvalue weighted by molar-refractivity contribution is 0.598. The summed E-state index contributed by atoms with van der Waals surface area (Å²) in [7, 11) is -6.98. The Morgan fingerprint density at radius 2 is 1.76 bits per heavy atom. The van der Waals surface area contributed by atoms with E-state index in [2.05, 4.69) is 5.32 Å². The van der Waals surface area contributed by atoms with Gasteiger partial charge in [0.25, 0.3) is 0 Å². The van der Waals surface area contributed by atoms with Crippen LogP contribution in [0, 0.1) is 5.41 Å². The third-order valence-corrected chi connectivity index (χ3v) is 6.49. The lowest BCUT2D eigenvalue weighted by atomic mass is 10.1. The van der Waals surface area contributed by atoms with Crippen LogP contribution in [0.2, 0.25) is 0 Å². The molecule has 0 amide bonds. The first-order chi connectivity index (χ1) is 9.57. The molecule has 0 radical (unpaired) electrons. The van der Waals surface area contributed by atoms with E-state index in [9.17, 15) is 16.8 Å². The van der Waals surface area contributed by atoms with Gasteiger partial charge in [-0.15, -0.1) is 11.6 Å². The highest BCUT2D eigenvalue weighted by molar-refractivity contribution is 7.91. The van der Waals surface area contributed by atoms with Crippen molar-refractivity contribution in [2.24, 2.45) is 5.41 Å². The summed E-state index contributed by atoms with van der Waals surface area (Å²) < 4.78 is 46.9. The molecule has 0 heterocycles. The number of nitrogens with one attached hydrogen (secondary N) is 1. The lowest BCUT2D eigenvalue weighted by Gasteiger charge is -2.16. The number of alkyl halides is 1. The molecule has 21 heavy (non-hydrogen) atoms. The van der Waals surface area contributed by atoms with Crippen molar-refractivity contribution in [1.82, 2.24) is 0 Å². The third-order valence-electron chi connectivity index (χ3n) is 3.68. The van der Waals surface area contributed by atoms with E-state index in [4.69, 9.17) is 11.6 Å². The average molecular weight is 352 g/mol. The molecule has 1 N–H and O–H groups in total. The molecule has 1 aliphatic rings. The first kappa shape index (κ1) is 16.6. The Balaban J connectivity index is 2.37. The second-order valence-corrected chi connectivity index (χ2v) is 9.96. The summed E-state index contributed by atoms with van der Waals surface area (Å²) in [5.41, 5.74) is 0.451. The number of hydrogen-bond acceptors (Lipinski definition) is 5. The molecule has 0 bridgehead atoms. The van der Waals surface area contributed by atoms with Crippen LogP contribution >= 0.6 is 11.6 Å². The number of halogens is 1. The van der Waals surface area contributed by atoms with Crippen LogP contribution in [0.1, 0.15) is 12.8 Å². The standard InChI is InChI=1S/C13H18ClNO4S2/c1-20(16,17)10-3-4-11(12(7-10)21(2,18)19)15-9-13(8-14)5-6-13/h3-4,7,15H,5-6,8-9H2,1-2H3. The molecule has 118 valence electrons. The maximum absolute atomic E-state index is 11.9. The molecular formula is C13H18ClNO4S2. The van der Waals surface area contributed by atoms with Gasteiger partial charge in [0.05, 0.1) is 15.5 Å². The molecule has 1 aromatic rings. The first-order valence-electron chi connectivity index (χ1n) is 6.41. The Bertz CT molecular complexity index is 752. The quantitative estimate of drug-likeness (QED) is 0.792. The first-order valence-corrected chi connectivity index (χ1v) is 10.7. The van der Waals surface area contributed by atoms with E-state index in [1.54, 1.807) is 0 Å². The highest BCUT2D eigenvalue weighted by Crippen LogP contribution is 2.46. The minimum atomic E-state index is -3.53. The predicted molar refractivity (Wildman–Crippen MR) is 83.5 cm³/mol. The number of benzene rings is 1. The van der Waals surface area contributed by atoms with Crippen LogP contribution in [-0.2, 0) is 19.7 Å². The molecule has 1 aromatic carbocycles. The highest BCUT2D eigenvalue weighted by Gasteiger charge is 2.41. The zero-order valence-electron chi connectivity index (χ0n) is 11.9. The average Bonchev–Trinajstić information content (AvgIpc) is 3.14. The fraction of sp³-hybridized carbons (Fsp3) is 0.538. The Hall–Kier alpha value is -0.790. The van der Waals surface area contributed by atoms with E-state index in [-0.39, 0.29) is 15.2 Å². The highest BCUT2D eigenvalue weighted by atomic mass is 35.5. The van der Waals surface area contributed by atoms with E-state index in [1.165, 1.54) is 18.2 Å². The number of sulfone groups is 2. The Morgan fingerprint density at radius 3 is 2.19 bits per heavy atom. The van der Waals surface area contributed by atoms with Gasteiger partial charge in [-0.05, 0) is 31.0 Å². The summed E-state index contributed by atoms with van der Waals surface area (Å²) in [4.78, 5) is -0.0113. The van der Waals surface area contributed by atoms with E-state index in [0.29, 0.717) is 18.1 Å². The summed E-state index contributed by atoms with van der Waals surface area (Å²) in [5, 5.41) is 3.09. The third kappa shape index (κ3) is 3.90. The van der Waals surface area contributed by atoms with Crippen molar-refractivity contribution in [2.45, 2.75) is 22.6 Å². The smallest absolute Gasteiger partial charge is 0.177 e. The van der Waals surface area contributed by atoms with Gasteiger partial charge in [-0.25, -0.2) is 16.8 Å².